The summed E-state index contributed by atoms with van der Waals surface area (Å²) in [6.45, 7) is 1.58. The van der Waals surface area contributed by atoms with E-state index in [1.807, 2.05) is 24.1 Å². The maximum absolute atomic E-state index is 12.9. The Kier molecular flexibility index (Phi) is 3.81. The molecule has 4 heterocycles. The van der Waals surface area contributed by atoms with Crippen LogP contribution >= 0.6 is 0 Å². The summed E-state index contributed by atoms with van der Waals surface area (Å²) in [4.78, 5) is 24.3. The summed E-state index contributed by atoms with van der Waals surface area (Å²) in [5.74, 6) is 0.958. The highest BCUT2D eigenvalue weighted by Crippen LogP contribution is 2.27. The Hall–Kier alpha value is -2.96. The van der Waals surface area contributed by atoms with Gasteiger partial charge in [-0.05, 0) is 49.4 Å². The Bertz CT molecular complexity index is 1010. The van der Waals surface area contributed by atoms with E-state index in [-0.39, 0.29) is 11.9 Å². The van der Waals surface area contributed by atoms with Gasteiger partial charge in [-0.3, -0.25) is 4.79 Å². The maximum Gasteiger partial charge on any atom is 0.256 e. The second kappa shape index (κ2) is 6.33. The average Bonchev–Trinajstić information content (AvgIpc) is 3.10. The molecule has 0 radical (unpaired) electrons. The van der Waals surface area contributed by atoms with Crippen molar-refractivity contribution in [3.05, 3.63) is 47.4 Å². The van der Waals surface area contributed by atoms with Crippen LogP contribution in [0.5, 0.6) is 0 Å². The minimum absolute atomic E-state index is 0.0235. The van der Waals surface area contributed by atoms with Gasteiger partial charge < -0.3 is 14.8 Å². The molecular weight excluding hydrogens is 340 g/mol. The molecule has 0 saturated carbocycles. The Morgan fingerprint density at radius 3 is 3.00 bits per heavy atom. The molecule has 27 heavy (non-hydrogen) atoms. The van der Waals surface area contributed by atoms with E-state index in [1.54, 1.807) is 12.4 Å². The van der Waals surface area contributed by atoms with Crippen molar-refractivity contribution in [2.45, 2.75) is 31.7 Å². The zero-order valence-electron chi connectivity index (χ0n) is 15.4. The average molecular weight is 362 g/mol. The third kappa shape index (κ3) is 2.74. The first-order valence-electron chi connectivity index (χ1n) is 9.50. The smallest absolute Gasteiger partial charge is 0.256 e. The van der Waals surface area contributed by atoms with Gasteiger partial charge >= 0.3 is 0 Å². The molecule has 3 aromatic rings. The molecule has 1 saturated heterocycles. The van der Waals surface area contributed by atoms with Crippen LogP contribution in [0.4, 0.5) is 5.82 Å². The van der Waals surface area contributed by atoms with Gasteiger partial charge in [0.05, 0.1) is 17.3 Å². The number of hydrogen-bond donors (Lipinski definition) is 1. The summed E-state index contributed by atoms with van der Waals surface area (Å²) in [6, 6.07) is 6.14. The maximum atomic E-state index is 12.9. The van der Waals surface area contributed by atoms with Crippen molar-refractivity contribution in [1.29, 1.82) is 0 Å². The zero-order valence-corrected chi connectivity index (χ0v) is 15.4. The van der Waals surface area contributed by atoms with Gasteiger partial charge in [-0.2, -0.15) is 5.10 Å². The number of nitrogens with zero attached hydrogens (tertiary/aromatic N) is 5. The number of likely N-dealkylation sites (N-methyl/N-ethyl adjacent to an activating group) is 1. The van der Waals surface area contributed by atoms with E-state index in [9.17, 15) is 4.79 Å². The number of rotatable bonds is 3. The highest BCUT2D eigenvalue weighted by atomic mass is 16.2. The number of nitrogens with one attached hydrogen (secondary N) is 1. The largest absolute Gasteiger partial charge is 0.351 e. The number of pyridine rings is 1. The van der Waals surface area contributed by atoms with Gasteiger partial charge in [-0.15, -0.1) is 5.10 Å². The SMILES string of the molecule is CN(C(=O)c1c[nH]c2ncccc12)C1CN(c2cc3c(nn2)CCCC3)C1. The van der Waals surface area contributed by atoms with Crippen molar-refractivity contribution in [3.63, 3.8) is 0 Å². The number of carbonyl (C=O) groups is 1. The minimum Gasteiger partial charge on any atom is -0.351 e. The first kappa shape index (κ1) is 16.2. The standard InChI is InChI=1S/C20H22N6O/c1-25(20(27)16-10-22-19-15(16)6-4-8-21-19)14-11-26(12-14)18-9-13-5-2-3-7-17(13)23-24-18/h4,6,8-10,14H,2-3,5,7,11-12H2,1H3,(H,21,22). The molecule has 1 N–H and O–H groups in total. The monoisotopic (exact) mass is 362 g/mol. The van der Waals surface area contributed by atoms with E-state index in [1.165, 1.54) is 18.4 Å². The molecule has 1 aliphatic carbocycles. The Labute approximate surface area is 157 Å². The molecular formula is C20H22N6O. The molecule has 138 valence electrons. The third-order valence-electron chi connectivity index (χ3n) is 5.79. The molecule has 5 rings (SSSR count). The van der Waals surface area contributed by atoms with E-state index >= 15 is 0 Å². The quantitative estimate of drug-likeness (QED) is 0.773. The Morgan fingerprint density at radius 2 is 2.11 bits per heavy atom. The summed E-state index contributed by atoms with van der Waals surface area (Å²) < 4.78 is 0. The lowest BCUT2D eigenvalue weighted by Crippen LogP contribution is -2.60. The van der Waals surface area contributed by atoms with Gasteiger partial charge in [-0.25, -0.2) is 4.98 Å². The van der Waals surface area contributed by atoms with E-state index in [0.717, 1.165) is 48.5 Å². The number of hydrogen-bond acceptors (Lipinski definition) is 5. The molecule has 0 bridgehead atoms. The molecule has 1 aliphatic heterocycles. The Morgan fingerprint density at radius 1 is 1.26 bits per heavy atom. The first-order valence-corrected chi connectivity index (χ1v) is 9.50. The van der Waals surface area contributed by atoms with Crippen LogP contribution in [0.3, 0.4) is 0 Å². The van der Waals surface area contributed by atoms with E-state index in [0.29, 0.717) is 5.56 Å². The van der Waals surface area contributed by atoms with Crippen LogP contribution in [-0.2, 0) is 12.8 Å². The van der Waals surface area contributed by atoms with Gasteiger partial charge in [0.15, 0.2) is 5.82 Å². The van der Waals surface area contributed by atoms with Crippen LogP contribution in [0.25, 0.3) is 11.0 Å². The zero-order chi connectivity index (χ0) is 18.4. The van der Waals surface area contributed by atoms with Crippen LogP contribution in [0.15, 0.2) is 30.6 Å². The summed E-state index contributed by atoms with van der Waals surface area (Å²) in [7, 11) is 1.87. The first-order chi connectivity index (χ1) is 13.2. The number of fused-ring (bicyclic) bond motifs is 2. The molecule has 0 atom stereocenters. The van der Waals surface area contributed by atoms with Crippen molar-refractivity contribution in [2.75, 3.05) is 25.0 Å². The topological polar surface area (TPSA) is 78.0 Å². The van der Waals surface area contributed by atoms with Crippen LogP contribution in [0.2, 0.25) is 0 Å². The number of H-pyrrole nitrogens is 1. The van der Waals surface area contributed by atoms with Gasteiger partial charge in [0.2, 0.25) is 0 Å². The molecule has 0 unspecified atom stereocenters. The van der Waals surface area contributed by atoms with Crippen LogP contribution in [0.1, 0.15) is 34.5 Å². The van der Waals surface area contributed by atoms with Crippen LogP contribution < -0.4 is 4.90 Å². The summed E-state index contributed by atoms with van der Waals surface area (Å²) in [5.41, 5.74) is 3.91. The van der Waals surface area contributed by atoms with Gasteiger partial charge in [0.1, 0.15) is 5.65 Å². The molecule has 1 fully saturated rings. The summed E-state index contributed by atoms with van der Waals surface area (Å²) in [5, 5.41) is 9.69. The Balaban J connectivity index is 1.28. The van der Waals surface area contributed by atoms with Crippen LogP contribution in [0, 0.1) is 0 Å². The third-order valence-corrected chi connectivity index (χ3v) is 5.79. The predicted molar refractivity (Wildman–Crippen MR) is 103 cm³/mol. The number of aromatic amines is 1. The fourth-order valence-electron chi connectivity index (χ4n) is 4.01. The molecule has 1 amide bonds. The molecule has 3 aromatic heterocycles. The van der Waals surface area contributed by atoms with E-state index < -0.39 is 0 Å². The molecule has 2 aliphatic rings. The van der Waals surface area contributed by atoms with Crippen molar-refractivity contribution in [2.24, 2.45) is 0 Å². The molecule has 7 heteroatoms. The van der Waals surface area contributed by atoms with Crippen molar-refractivity contribution < 1.29 is 4.79 Å². The second-order valence-electron chi connectivity index (χ2n) is 7.46. The minimum atomic E-state index is 0.0235. The van der Waals surface area contributed by atoms with Crippen molar-refractivity contribution in [1.82, 2.24) is 25.1 Å². The molecule has 7 nitrogen and oxygen atoms in total. The van der Waals surface area contributed by atoms with E-state index in [2.05, 4.69) is 31.1 Å². The van der Waals surface area contributed by atoms with Crippen molar-refractivity contribution in [3.8, 4) is 0 Å². The summed E-state index contributed by atoms with van der Waals surface area (Å²) in [6.07, 6.45) is 8.06. The number of carbonyl (C=O) groups excluding carboxylic acids is 1. The van der Waals surface area contributed by atoms with Crippen LogP contribution in [-0.4, -0.2) is 57.2 Å². The van der Waals surface area contributed by atoms with Crippen molar-refractivity contribution >= 4 is 22.8 Å². The lowest BCUT2D eigenvalue weighted by atomic mass is 9.96. The summed E-state index contributed by atoms with van der Waals surface area (Å²) >= 11 is 0. The fraction of sp³-hybridized carbons (Fsp3) is 0.400. The number of amides is 1. The lowest BCUT2D eigenvalue weighted by Gasteiger charge is -2.44. The van der Waals surface area contributed by atoms with Gasteiger partial charge in [0, 0.05) is 37.9 Å². The normalized spacial score (nSPS) is 16.9. The van der Waals surface area contributed by atoms with Gasteiger partial charge in [0.25, 0.3) is 5.91 Å². The molecule has 0 aromatic carbocycles. The highest BCUT2D eigenvalue weighted by Gasteiger charge is 2.34. The fourth-order valence-corrected chi connectivity index (χ4v) is 4.01. The van der Waals surface area contributed by atoms with E-state index in [4.69, 9.17) is 0 Å². The number of aromatic nitrogens is 4. The lowest BCUT2D eigenvalue weighted by molar-refractivity contribution is 0.0707. The number of anilines is 1. The highest BCUT2D eigenvalue weighted by molar-refractivity contribution is 6.06. The van der Waals surface area contributed by atoms with Gasteiger partial charge in [-0.1, -0.05) is 0 Å². The predicted octanol–water partition coefficient (Wildman–Crippen LogP) is 2.19. The second-order valence-corrected chi connectivity index (χ2v) is 7.46. The number of aryl methyl sites for hydroxylation is 2. The molecule has 0 spiro atoms.